The molecule has 0 radical (unpaired) electrons. The number of benzene rings is 3. The summed E-state index contributed by atoms with van der Waals surface area (Å²) in [5, 5.41) is 14.2. The summed E-state index contributed by atoms with van der Waals surface area (Å²) in [6.07, 6.45) is 0.539. The number of hydrogen-bond donors (Lipinski definition) is 1. The van der Waals surface area contributed by atoms with E-state index in [0.29, 0.717) is 25.1 Å². The molecule has 2 amide bonds. The molecule has 35 heavy (non-hydrogen) atoms. The lowest BCUT2D eigenvalue weighted by molar-refractivity contribution is -0.384. The molecule has 180 valence electrons. The number of anilines is 1. The molecule has 0 aliphatic carbocycles. The summed E-state index contributed by atoms with van der Waals surface area (Å²) in [7, 11) is 0. The van der Waals surface area contributed by atoms with E-state index in [1.165, 1.54) is 23.1 Å². The summed E-state index contributed by atoms with van der Waals surface area (Å²) in [5.41, 5.74) is 1.80. The number of nitrogens with zero attached hydrogens (tertiary/aromatic N) is 2. The summed E-state index contributed by atoms with van der Waals surface area (Å²) in [6.45, 7) is 2.40. The molecule has 0 unspecified atom stereocenters. The number of nitrogens with one attached hydrogen (secondary N) is 1. The minimum atomic E-state index is -0.737. The van der Waals surface area contributed by atoms with Crippen molar-refractivity contribution in [3.05, 3.63) is 94.0 Å². The van der Waals surface area contributed by atoms with Gasteiger partial charge in [-0.25, -0.2) is 4.79 Å². The van der Waals surface area contributed by atoms with E-state index >= 15 is 0 Å². The van der Waals surface area contributed by atoms with Crippen LogP contribution in [0.3, 0.4) is 0 Å². The number of nitro benzene ring substituents is 1. The number of carbonyl (C=O) groups is 2. The Bertz CT molecular complexity index is 1230. The molecule has 4 rings (SSSR count). The predicted octanol–water partition coefficient (Wildman–Crippen LogP) is 5.44. The Morgan fingerprint density at radius 1 is 1.06 bits per heavy atom. The highest BCUT2D eigenvalue weighted by Crippen LogP contribution is 2.31. The minimum Gasteiger partial charge on any atom is -0.457 e. The van der Waals surface area contributed by atoms with Gasteiger partial charge in [0, 0.05) is 18.7 Å². The van der Waals surface area contributed by atoms with Gasteiger partial charge >= 0.3 is 6.09 Å². The van der Waals surface area contributed by atoms with Gasteiger partial charge in [-0.3, -0.25) is 19.8 Å². The maximum atomic E-state index is 13.0. The number of ether oxygens (including phenoxy) is 2. The summed E-state index contributed by atoms with van der Waals surface area (Å²) < 4.78 is 11.2. The molecule has 3 aromatic rings. The van der Waals surface area contributed by atoms with Gasteiger partial charge in [0.1, 0.15) is 24.1 Å². The predicted molar refractivity (Wildman–Crippen MR) is 129 cm³/mol. The van der Waals surface area contributed by atoms with Gasteiger partial charge in [0.25, 0.3) is 5.69 Å². The first-order valence-electron chi connectivity index (χ1n) is 11.2. The van der Waals surface area contributed by atoms with Gasteiger partial charge in [0.05, 0.1) is 16.7 Å². The molecule has 9 nitrogen and oxygen atoms in total. The Morgan fingerprint density at radius 2 is 1.86 bits per heavy atom. The van der Waals surface area contributed by atoms with Gasteiger partial charge in [-0.2, -0.15) is 0 Å². The highest BCUT2D eigenvalue weighted by molar-refractivity contribution is 5.97. The standard InChI is InChI=1S/C26H25N3O6/c1-18-7-5-10-22(13-18)35-23-15-20(14-21(16-23)29(32)33)27-25(30)24-11-6-12-28(24)26(31)34-17-19-8-3-2-4-9-19/h2-5,7-10,13-16,24H,6,11-12,17H2,1H3,(H,27,30)/t24-/m0/s1. The second kappa shape index (κ2) is 10.7. The van der Waals surface area contributed by atoms with Gasteiger partial charge in [-0.05, 0) is 43.0 Å². The zero-order valence-corrected chi connectivity index (χ0v) is 19.2. The van der Waals surface area contributed by atoms with Crippen molar-refractivity contribution in [2.24, 2.45) is 0 Å². The summed E-state index contributed by atoms with van der Waals surface area (Å²) >= 11 is 0. The molecule has 0 bridgehead atoms. The van der Waals surface area contributed by atoms with Gasteiger partial charge < -0.3 is 14.8 Å². The quantitative estimate of drug-likeness (QED) is 0.360. The van der Waals surface area contributed by atoms with E-state index in [1.807, 2.05) is 49.4 Å². The molecular formula is C26H25N3O6. The van der Waals surface area contributed by atoms with E-state index in [-0.39, 0.29) is 23.7 Å². The minimum absolute atomic E-state index is 0.106. The zero-order valence-electron chi connectivity index (χ0n) is 19.2. The van der Waals surface area contributed by atoms with Crippen LogP contribution in [0.4, 0.5) is 16.2 Å². The second-order valence-corrected chi connectivity index (χ2v) is 8.27. The fourth-order valence-corrected chi connectivity index (χ4v) is 3.92. The number of aryl methyl sites for hydroxylation is 1. The van der Waals surface area contributed by atoms with Crippen LogP contribution in [-0.4, -0.2) is 34.4 Å². The number of rotatable bonds is 7. The maximum Gasteiger partial charge on any atom is 0.410 e. The van der Waals surface area contributed by atoms with Crippen LogP contribution in [0.15, 0.2) is 72.8 Å². The van der Waals surface area contributed by atoms with Gasteiger partial charge in [-0.1, -0.05) is 42.5 Å². The Morgan fingerprint density at radius 3 is 2.60 bits per heavy atom. The molecule has 3 aromatic carbocycles. The van der Waals surface area contributed by atoms with Crippen molar-refractivity contribution in [1.82, 2.24) is 4.90 Å². The van der Waals surface area contributed by atoms with Crippen LogP contribution in [0.5, 0.6) is 11.5 Å². The van der Waals surface area contributed by atoms with E-state index in [2.05, 4.69) is 5.32 Å². The molecule has 0 spiro atoms. The van der Waals surface area contributed by atoms with Crippen molar-refractivity contribution in [2.75, 3.05) is 11.9 Å². The molecule has 0 aromatic heterocycles. The fraction of sp³-hybridized carbons (Fsp3) is 0.231. The van der Waals surface area contributed by atoms with E-state index in [4.69, 9.17) is 9.47 Å². The molecule has 1 aliphatic rings. The summed E-state index contributed by atoms with van der Waals surface area (Å²) in [4.78, 5) is 37.9. The lowest BCUT2D eigenvalue weighted by atomic mass is 10.2. The van der Waals surface area contributed by atoms with Crippen LogP contribution in [0, 0.1) is 17.0 Å². The van der Waals surface area contributed by atoms with E-state index in [9.17, 15) is 19.7 Å². The van der Waals surface area contributed by atoms with Crippen molar-refractivity contribution in [3.63, 3.8) is 0 Å². The third-order valence-electron chi connectivity index (χ3n) is 5.59. The number of hydrogen-bond acceptors (Lipinski definition) is 6. The summed E-state index contributed by atoms with van der Waals surface area (Å²) in [5.74, 6) is 0.290. The average Bonchev–Trinajstić information content (AvgIpc) is 3.33. The Labute approximate surface area is 202 Å². The number of amides is 2. The van der Waals surface area contributed by atoms with Crippen LogP contribution < -0.4 is 10.1 Å². The number of non-ortho nitro benzene ring substituents is 1. The van der Waals surface area contributed by atoms with Crippen molar-refractivity contribution < 1.29 is 24.0 Å². The molecule has 1 atom stereocenters. The van der Waals surface area contributed by atoms with Crippen molar-refractivity contribution in [2.45, 2.75) is 32.4 Å². The SMILES string of the molecule is Cc1cccc(Oc2cc(NC(=O)[C@@H]3CCCN3C(=O)OCc3ccccc3)cc([N+](=O)[O-])c2)c1. The smallest absolute Gasteiger partial charge is 0.410 e. The van der Waals surface area contributed by atoms with Crippen LogP contribution in [-0.2, 0) is 16.1 Å². The Balaban J connectivity index is 1.46. The highest BCUT2D eigenvalue weighted by atomic mass is 16.6. The molecule has 9 heteroatoms. The van der Waals surface area contributed by atoms with Crippen molar-refractivity contribution in [3.8, 4) is 11.5 Å². The van der Waals surface area contributed by atoms with E-state index in [1.54, 1.807) is 12.1 Å². The second-order valence-electron chi connectivity index (χ2n) is 8.27. The number of nitro groups is 1. The van der Waals surface area contributed by atoms with E-state index < -0.39 is 23.0 Å². The molecule has 1 N–H and O–H groups in total. The molecular weight excluding hydrogens is 450 g/mol. The first-order valence-corrected chi connectivity index (χ1v) is 11.2. The Hall–Kier alpha value is -4.40. The van der Waals surface area contributed by atoms with Gasteiger partial charge in [0.15, 0.2) is 0 Å². The van der Waals surface area contributed by atoms with Crippen LogP contribution >= 0.6 is 0 Å². The molecule has 1 fully saturated rings. The molecule has 1 saturated heterocycles. The largest absolute Gasteiger partial charge is 0.457 e. The fourth-order valence-electron chi connectivity index (χ4n) is 3.92. The lowest BCUT2D eigenvalue weighted by Crippen LogP contribution is -2.43. The van der Waals surface area contributed by atoms with Crippen LogP contribution in [0.25, 0.3) is 0 Å². The van der Waals surface area contributed by atoms with Crippen molar-refractivity contribution >= 4 is 23.4 Å². The molecule has 0 saturated carbocycles. The molecule has 1 heterocycles. The number of carbonyl (C=O) groups excluding carboxylic acids is 2. The Kier molecular flexibility index (Phi) is 7.25. The summed E-state index contributed by atoms with van der Waals surface area (Å²) in [6, 6.07) is 19.9. The zero-order chi connectivity index (χ0) is 24.8. The average molecular weight is 476 g/mol. The van der Waals surface area contributed by atoms with Crippen LogP contribution in [0.2, 0.25) is 0 Å². The monoisotopic (exact) mass is 475 g/mol. The third kappa shape index (κ3) is 6.14. The van der Waals surface area contributed by atoms with Crippen molar-refractivity contribution in [1.29, 1.82) is 0 Å². The van der Waals surface area contributed by atoms with Gasteiger partial charge in [-0.15, -0.1) is 0 Å². The van der Waals surface area contributed by atoms with Crippen LogP contribution in [0.1, 0.15) is 24.0 Å². The first kappa shape index (κ1) is 23.7. The lowest BCUT2D eigenvalue weighted by Gasteiger charge is -2.23. The highest BCUT2D eigenvalue weighted by Gasteiger charge is 2.35. The topological polar surface area (TPSA) is 111 Å². The maximum absolute atomic E-state index is 13.0. The first-order chi connectivity index (χ1) is 16.9. The van der Waals surface area contributed by atoms with E-state index in [0.717, 1.165) is 11.1 Å². The normalized spacial score (nSPS) is 14.9. The third-order valence-corrected chi connectivity index (χ3v) is 5.59. The molecule has 1 aliphatic heterocycles. The number of likely N-dealkylation sites (tertiary alicyclic amines) is 1. The van der Waals surface area contributed by atoms with Gasteiger partial charge in [0.2, 0.25) is 5.91 Å².